The second kappa shape index (κ2) is 7.53. The van der Waals surface area contributed by atoms with Gasteiger partial charge in [0.15, 0.2) is 0 Å². The Kier molecular flexibility index (Phi) is 5.72. The third-order valence-corrected chi connectivity index (χ3v) is 2.06. The summed E-state index contributed by atoms with van der Waals surface area (Å²) in [7, 11) is 0. The minimum absolute atomic E-state index is 0.103. The lowest BCUT2D eigenvalue weighted by molar-refractivity contribution is -0.116. The van der Waals surface area contributed by atoms with Crippen LogP contribution in [0.2, 0.25) is 0 Å². The molecule has 1 aromatic rings. The van der Waals surface area contributed by atoms with Crippen LogP contribution in [-0.2, 0) is 9.53 Å². The van der Waals surface area contributed by atoms with Gasteiger partial charge < -0.3 is 10.1 Å². The summed E-state index contributed by atoms with van der Waals surface area (Å²) in [6.07, 6.45) is 0.132. The predicted octanol–water partition coefficient (Wildman–Crippen LogP) is 1.92. The fourth-order valence-electron chi connectivity index (χ4n) is 1.21. The number of nitriles is 1. The summed E-state index contributed by atoms with van der Waals surface area (Å²) in [5.74, 6) is -1.37. The van der Waals surface area contributed by atoms with Crippen molar-refractivity contribution in [2.24, 2.45) is 0 Å². The third-order valence-electron chi connectivity index (χ3n) is 2.06. The molecule has 0 fully saturated rings. The highest BCUT2D eigenvalue weighted by Gasteiger charge is 2.13. The van der Waals surface area contributed by atoms with Crippen molar-refractivity contribution >= 4 is 17.7 Å². The van der Waals surface area contributed by atoms with Crippen LogP contribution in [-0.4, -0.2) is 18.6 Å². The molecule has 0 aliphatic carbocycles. The number of benzene rings is 1. The summed E-state index contributed by atoms with van der Waals surface area (Å²) in [6, 6.07) is 7.09. The van der Waals surface area contributed by atoms with E-state index in [1.54, 1.807) is 19.1 Å². The van der Waals surface area contributed by atoms with Gasteiger partial charge in [0.05, 0.1) is 6.61 Å². The molecule has 0 atom stereocenters. The molecule has 0 saturated carbocycles. The van der Waals surface area contributed by atoms with Gasteiger partial charge in [0.2, 0.25) is 0 Å². The summed E-state index contributed by atoms with van der Waals surface area (Å²) in [4.78, 5) is 22.6. The molecule has 2 N–H and O–H groups in total. The van der Waals surface area contributed by atoms with Crippen molar-refractivity contribution in [1.82, 2.24) is 5.32 Å². The molecule has 6 nitrogen and oxygen atoms in total. The fourth-order valence-corrected chi connectivity index (χ4v) is 1.21. The van der Waals surface area contributed by atoms with Gasteiger partial charge in [0.25, 0.3) is 5.91 Å². The molecule has 2 amide bonds. The van der Waals surface area contributed by atoms with Crippen molar-refractivity contribution in [1.29, 1.82) is 5.26 Å². The Labute approximate surface area is 114 Å². The zero-order valence-corrected chi connectivity index (χ0v) is 10.6. The molecule has 0 radical (unpaired) electrons. The molecule has 0 heterocycles. The first kappa shape index (κ1) is 15.2. The fraction of sp³-hybridized carbons (Fsp3) is 0.154. The molecular formula is C13H12FN3O3. The number of carbonyl (C=O) groups excluding carboxylic acids is 2. The van der Waals surface area contributed by atoms with Crippen LogP contribution in [0.3, 0.4) is 0 Å². The molecule has 0 bridgehead atoms. The quantitative estimate of drug-likeness (QED) is 0.648. The first-order valence-electron chi connectivity index (χ1n) is 5.67. The number of hydrogen-bond acceptors (Lipinski definition) is 5. The molecular weight excluding hydrogens is 265 g/mol. The summed E-state index contributed by atoms with van der Waals surface area (Å²) in [5, 5.41) is 13.3. The first-order valence-corrected chi connectivity index (χ1v) is 5.67. The van der Waals surface area contributed by atoms with Crippen molar-refractivity contribution in [3.8, 4) is 6.07 Å². The van der Waals surface area contributed by atoms with Gasteiger partial charge in [-0.25, -0.2) is 9.18 Å². The summed E-state index contributed by atoms with van der Waals surface area (Å²) in [6.45, 7) is 1.68. The lowest BCUT2D eigenvalue weighted by Gasteiger charge is -2.04. The maximum absolute atomic E-state index is 12.9. The Balaban J connectivity index is 2.70. The normalized spacial score (nSPS) is 10.3. The number of halogens is 1. The zero-order valence-electron chi connectivity index (χ0n) is 10.6. The van der Waals surface area contributed by atoms with E-state index in [1.807, 2.05) is 5.32 Å². The molecule has 0 aliphatic rings. The van der Waals surface area contributed by atoms with Crippen LogP contribution in [0, 0.1) is 17.1 Å². The topological polar surface area (TPSA) is 91.2 Å². The second-order valence-electron chi connectivity index (χ2n) is 3.50. The van der Waals surface area contributed by atoms with Crippen molar-refractivity contribution in [3.63, 3.8) is 0 Å². The van der Waals surface area contributed by atoms with E-state index in [0.717, 1.165) is 6.20 Å². The highest BCUT2D eigenvalue weighted by molar-refractivity contribution is 6.05. The van der Waals surface area contributed by atoms with Crippen LogP contribution in [0.15, 0.2) is 36.0 Å². The van der Waals surface area contributed by atoms with Crippen LogP contribution in [0.4, 0.5) is 14.9 Å². The average molecular weight is 277 g/mol. The van der Waals surface area contributed by atoms with Crippen LogP contribution in [0.25, 0.3) is 0 Å². The number of nitrogens with one attached hydrogen (secondary N) is 2. The number of hydrogen-bond donors (Lipinski definition) is 2. The smallest absolute Gasteiger partial charge is 0.414 e. The molecule has 104 valence electrons. The number of amides is 2. The van der Waals surface area contributed by atoms with E-state index in [0.29, 0.717) is 5.69 Å². The van der Waals surface area contributed by atoms with Crippen molar-refractivity contribution in [2.45, 2.75) is 6.92 Å². The molecule has 0 unspecified atom stereocenters. The molecule has 20 heavy (non-hydrogen) atoms. The largest absolute Gasteiger partial charge is 0.450 e. The minimum Gasteiger partial charge on any atom is -0.450 e. The first-order chi connectivity index (χ1) is 9.56. The minimum atomic E-state index is -0.940. The van der Waals surface area contributed by atoms with E-state index in [2.05, 4.69) is 10.1 Å². The maximum atomic E-state index is 12.9. The highest BCUT2D eigenvalue weighted by Crippen LogP contribution is 2.09. The van der Waals surface area contributed by atoms with Crippen molar-refractivity contribution in [2.75, 3.05) is 11.9 Å². The number of nitrogens with zero attached hydrogens (tertiary/aromatic N) is 1. The van der Waals surface area contributed by atoms with Gasteiger partial charge in [0.1, 0.15) is 17.5 Å². The number of rotatable bonds is 4. The van der Waals surface area contributed by atoms with Gasteiger partial charge in [-0.05, 0) is 25.1 Å². The van der Waals surface area contributed by atoms with Crippen LogP contribution < -0.4 is 10.6 Å². The maximum Gasteiger partial charge on any atom is 0.414 e. The second-order valence-corrected chi connectivity index (χ2v) is 3.50. The SMILES string of the molecule is CCOC(=O)NC(=O)/C(C#N)=C\Nc1cccc(F)c1. The molecule has 0 aliphatic heterocycles. The molecule has 1 rings (SSSR count). The number of carbonyl (C=O) groups is 2. The number of ether oxygens (including phenoxy) is 1. The standard InChI is InChI=1S/C13H12FN3O3/c1-2-20-13(19)17-12(18)9(7-15)8-16-11-5-3-4-10(14)6-11/h3-6,8,16H,2H2,1H3,(H,17,18,19)/b9-8-. The van der Waals surface area contributed by atoms with E-state index >= 15 is 0 Å². The van der Waals surface area contributed by atoms with E-state index in [-0.39, 0.29) is 12.2 Å². The van der Waals surface area contributed by atoms with E-state index in [4.69, 9.17) is 5.26 Å². The Morgan fingerprint density at radius 3 is 2.85 bits per heavy atom. The van der Waals surface area contributed by atoms with Gasteiger partial charge in [-0.15, -0.1) is 0 Å². The molecule has 1 aromatic carbocycles. The Morgan fingerprint density at radius 1 is 1.50 bits per heavy atom. The van der Waals surface area contributed by atoms with Crippen molar-refractivity contribution < 1.29 is 18.7 Å². The Hall–Kier alpha value is -2.88. The lowest BCUT2D eigenvalue weighted by atomic mass is 10.3. The van der Waals surface area contributed by atoms with Gasteiger partial charge in [0, 0.05) is 11.9 Å². The molecule has 0 spiro atoms. The molecule has 0 saturated heterocycles. The highest BCUT2D eigenvalue weighted by atomic mass is 19.1. The Bertz CT molecular complexity index is 578. The third kappa shape index (κ3) is 4.78. The number of imide groups is 1. The zero-order chi connectivity index (χ0) is 15.0. The molecule has 7 heteroatoms. The van der Waals surface area contributed by atoms with Gasteiger partial charge in [-0.3, -0.25) is 10.1 Å². The van der Waals surface area contributed by atoms with Crippen LogP contribution in [0.5, 0.6) is 0 Å². The van der Waals surface area contributed by atoms with Crippen LogP contribution in [0.1, 0.15) is 6.92 Å². The summed E-state index contributed by atoms with van der Waals surface area (Å²) in [5.41, 5.74) is 0.0176. The monoisotopic (exact) mass is 277 g/mol. The summed E-state index contributed by atoms with van der Waals surface area (Å²) < 4.78 is 17.4. The van der Waals surface area contributed by atoms with E-state index in [9.17, 15) is 14.0 Å². The predicted molar refractivity (Wildman–Crippen MR) is 68.9 cm³/mol. The van der Waals surface area contributed by atoms with Crippen LogP contribution >= 0.6 is 0 Å². The van der Waals surface area contributed by atoms with Crippen molar-refractivity contribution in [3.05, 3.63) is 41.9 Å². The van der Waals surface area contributed by atoms with E-state index in [1.165, 1.54) is 18.2 Å². The number of anilines is 1. The molecule has 0 aromatic heterocycles. The lowest BCUT2D eigenvalue weighted by Crippen LogP contribution is -2.32. The van der Waals surface area contributed by atoms with Gasteiger partial charge in [-0.2, -0.15) is 5.26 Å². The van der Waals surface area contributed by atoms with Gasteiger partial charge >= 0.3 is 6.09 Å². The summed E-state index contributed by atoms with van der Waals surface area (Å²) >= 11 is 0. The van der Waals surface area contributed by atoms with Gasteiger partial charge in [-0.1, -0.05) is 6.07 Å². The van der Waals surface area contributed by atoms with E-state index < -0.39 is 17.8 Å². The average Bonchev–Trinajstić information content (AvgIpc) is 2.39. The Morgan fingerprint density at radius 2 is 2.25 bits per heavy atom. The number of alkyl carbamates (subject to hydrolysis) is 1.